The number of nitrogens with one attached hydrogen (secondary N) is 1. The molecule has 0 spiro atoms. The third-order valence-electron chi connectivity index (χ3n) is 5.49. The second kappa shape index (κ2) is 5.17. The summed E-state index contributed by atoms with van der Waals surface area (Å²) in [7, 11) is 0. The first-order valence-electron chi connectivity index (χ1n) is 8.72. The summed E-state index contributed by atoms with van der Waals surface area (Å²) in [6.45, 7) is 4.54. The third kappa shape index (κ3) is 2.25. The van der Waals surface area contributed by atoms with Gasteiger partial charge in [-0.2, -0.15) is 8.78 Å². The lowest BCUT2D eigenvalue weighted by molar-refractivity contribution is -0.00595. The number of fused-ring (bicyclic) bond motifs is 1. The summed E-state index contributed by atoms with van der Waals surface area (Å²) in [6, 6.07) is 0.546. The molecule has 1 atom stereocenters. The van der Waals surface area contributed by atoms with Gasteiger partial charge in [0.05, 0.1) is 12.2 Å². The highest BCUT2D eigenvalue weighted by atomic mass is 19.3. The summed E-state index contributed by atoms with van der Waals surface area (Å²) in [5.41, 5.74) is 1.44. The van der Waals surface area contributed by atoms with Crippen LogP contribution in [0.4, 0.5) is 14.7 Å². The van der Waals surface area contributed by atoms with Crippen molar-refractivity contribution in [2.24, 2.45) is 0 Å². The van der Waals surface area contributed by atoms with E-state index >= 15 is 0 Å². The Bertz CT molecular complexity index is 830. The van der Waals surface area contributed by atoms with Crippen LogP contribution in [-0.4, -0.2) is 50.6 Å². The van der Waals surface area contributed by atoms with E-state index in [1.54, 1.807) is 4.68 Å². The van der Waals surface area contributed by atoms with Crippen LogP contribution in [0.1, 0.15) is 37.1 Å². The Kier molecular flexibility index (Phi) is 3.13. The average Bonchev–Trinajstić information content (AvgIpc) is 3.09. The van der Waals surface area contributed by atoms with Gasteiger partial charge in [-0.15, -0.1) is 5.10 Å². The lowest BCUT2D eigenvalue weighted by atomic mass is 10.1. The average molecular weight is 347 g/mol. The van der Waals surface area contributed by atoms with E-state index in [2.05, 4.69) is 32.5 Å². The summed E-state index contributed by atoms with van der Waals surface area (Å²) in [4.78, 5) is 10.8. The minimum Gasteiger partial charge on any atom is -0.338 e. The first-order valence-corrected chi connectivity index (χ1v) is 8.72. The second-order valence-electron chi connectivity index (χ2n) is 7.13. The van der Waals surface area contributed by atoms with Crippen LogP contribution in [0.2, 0.25) is 0 Å². The number of nitrogens with zero attached hydrogens (tertiary/aromatic N) is 6. The van der Waals surface area contributed by atoms with Crippen molar-refractivity contribution in [2.75, 3.05) is 24.5 Å². The predicted octanol–water partition coefficient (Wildman–Crippen LogP) is 1.52. The van der Waals surface area contributed by atoms with E-state index in [4.69, 9.17) is 0 Å². The van der Waals surface area contributed by atoms with E-state index in [1.165, 1.54) is 0 Å². The van der Waals surface area contributed by atoms with Gasteiger partial charge < -0.3 is 10.2 Å². The fourth-order valence-corrected chi connectivity index (χ4v) is 3.59. The molecule has 25 heavy (non-hydrogen) atoms. The number of hydrogen-bond acceptors (Lipinski definition) is 6. The molecule has 2 aromatic heterocycles. The highest BCUT2D eigenvalue weighted by Gasteiger charge is 2.44. The molecule has 2 aromatic rings. The molecule has 132 valence electrons. The number of halogens is 2. The summed E-state index contributed by atoms with van der Waals surface area (Å²) in [6.07, 6.45) is 2.89. The monoisotopic (exact) mass is 347 g/mol. The zero-order valence-corrected chi connectivity index (χ0v) is 13.9. The van der Waals surface area contributed by atoms with Gasteiger partial charge in [0.25, 0.3) is 5.92 Å². The Morgan fingerprint density at radius 1 is 1.28 bits per heavy atom. The van der Waals surface area contributed by atoms with Gasteiger partial charge in [-0.1, -0.05) is 5.21 Å². The summed E-state index contributed by atoms with van der Waals surface area (Å²) in [5.74, 6) is -2.52. The van der Waals surface area contributed by atoms with Crippen molar-refractivity contribution in [1.82, 2.24) is 30.3 Å². The van der Waals surface area contributed by atoms with Crippen LogP contribution in [0.5, 0.6) is 0 Å². The summed E-state index contributed by atoms with van der Waals surface area (Å²) in [5, 5.41) is 11.6. The Hall–Kier alpha value is -2.16. The quantitative estimate of drug-likeness (QED) is 0.908. The predicted molar refractivity (Wildman–Crippen MR) is 86.6 cm³/mol. The molecule has 2 aliphatic heterocycles. The highest BCUT2D eigenvalue weighted by molar-refractivity contribution is 5.63. The molecule has 0 amide bonds. The standard InChI is InChI=1S/C16H19F2N7/c1-9-3-5-24(9)15-20-13(11-2-4-16(17,18)14(11)21-15)12-8-25(23-22-12)10-6-19-7-10/h8-10,19H,2-7H2,1H3/t9-/m0/s1. The summed E-state index contributed by atoms with van der Waals surface area (Å²) >= 11 is 0. The zero-order chi connectivity index (χ0) is 17.2. The number of aromatic nitrogens is 5. The van der Waals surface area contributed by atoms with Gasteiger partial charge >= 0.3 is 0 Å². The molecule has 5 rings (SSSR count). The zero-order valence-electron chi connectivity index (χ0n) is 13.9. The van der Waals surface area contributed by atoms with Gasteiger partial charge in [-0.3, -0.25) is 0 Å². The van der Waals surface area contributed by atoms with Gasteiger partial charge in [0.1, 0.15) is 17.1 Å². The van der Waals surface area contributed by atoms with Crippen molar-refractivity contribution >= 4 is 5.95 Å². The van der Waals surface area contributed by atoms with Crippen molar-refractivity contribution in [3.05, 3.63) is 17.5 Å². The Morgan fingerprint density at radius 2 is 2.12 bits per heavy atom. The number of anilines is 1. The van der Waals surface area contributed by atoms with E-state index < -0.39 is 5.92 Å². The van der Waals surface area contributed by atoms with Gasteiger partial charge in [0.2, 0.25) is 5.95 Å². The van der Waals surface area contributed by atoms with Crippen molar-refractivity contribution in [3.8, 4) is 11.4 Å². The van der Waals surface area contributed by atoms with Crippen LogP contribution in [0.25, 0.3) is 11.4 Å². The van der Waals surface area contributed by atoms with Gasteiger partial charge in [0.15, 0.2) is 0 Å². The maximum Gasteiger partial charge on any atom is 0.290 e. The first-order chi connectivity index (χ1) is 12.0. The second-order valence-corrected chi connectivity index (χ2v) is 7.13. The van der Waals surface area contributed by atoms with Crippen LogP contribution < -0.4 is 10.2 Å². The normalized spacial score (nSPS) is 24.8. The molecule has 0 unspecified atom stereocenters. The van der Waals surface area contributed by atoms with Crippen LogP contribution in [0, 0.1) is 0 Å². The molecule has 0 saturated carbocycles. The molecule has 1 N–H and O–H groups in total. The van der Waals surface area contributed by atoms with Crippen molar-refractivity contribution < 1.29 is 8.78 Å². The minimum absolute atomic E-state index is 0.133. The fraction of sp³-hybridized carbons (Fsp3) is 0.625. The maximum absolute atomic E-state index is 14.3. The van der Waals surface area contributed by atoms with Crippen LogP contribution in [-0.2, 0) is 12.3 Å². The van der Waals surface area contributed by atoms with Crippen molar-refractivity contribution in [1.29, 1.82) is 0 Å². The lowest BCUT2D eigenvalue weighted by Gasteiger charge is -2.39. The number of hydrogen-bond donors (Lipinski definition) is 1. The van der Waals surface area contributed by atoms with E-state index in [0.29, 0.717) is 22.9 Å². The minimum atomic E-state index is -2.90. The van der Waals surface area contributed by atoms with Crippen LogP contribution >= 0.6 is 0 Å². The van der Waals surface area contributed by atoms with Crippen LogP contribution in [0.15, 0.2) is 6.20 Å². The van der Waals surface area contributed by atoms with E-state index in [9.17, 15) is 8.78 Å². The molecule has 0 aromatic carbocycles. The topological polar surface area (TPSA) is 71.8 Å². The molecule has 7 nitrogen and oxygen atoms in total. The molecule has 3 aliphatic rings. The van der Waals surface area contributed by atoms with E-state index in [0.717, 1.165) is 26.1 Å². The van der Waals surface area contributed by atoms with E-state index in [1.807, 2.05) is 11.1 Å². The molecule has 4 heterocycles. The first kappa shape index (κ1) is 15.1. The smallest absolute Gasteiger partial charge is 0.290 e. The number of rotatable bonds is 3. The van der Waals surface area contributed by atoms with Crippen molar-refractivity contribution in [2.45, 2.75) is 44.2 Å². The summed E-state index contributed by atoms with van der Waals surface area (Å²) < 4.78 is 30.5. The maximum atomic E-state index is 14.3. The van der Waals surface area contributed by atoms with Gasteiger partial charge in [0, 0.05) is 37.7 Å². The van der Waals surface area contributed by atoms with E-state index in [-0.39, 0.29) is 30.6 Å². The molecular weight excluding hydrogens is 328 g/mol. The van der Waals surface area contributed by atoms with Crippen molar-refractivity contribution in [3.63, 3.8) is 0 Å². The Balaban J connectivity index is 1.61. The highest BCUT2D eigenvalue weighted by Crippen LogP contribution is 2.44. The SMILES string of the molecule is C[C@H]1CCN1c1nc(-c2cn(C3CNC3)nn2)c2c(n1)C(F)(F)CC2. The lowest BCUT2D eigenvalue weighted by Crippen LogP contribution is -2.47. The molecule has 2 fully saturated rings. The van der Waals surface area contributed by atoms with Crippen LogP contribution in [0.3, 0.4) is 0 Å². The molecule has 0 radical (unpaired) electrons. The van der Waals surface area contributed by atoms with Gasteiger partial charge in [-0.05, 0) is 19.8 Å². The third-order valence-corrected chi connectivity index (χ3v) is 5.49. The van der Waals surface area contributed by atoms with Gasteiger partial charge in [-0.25, -0.2) is 14.6 Å². The molecule has 0 bridgehead atoms. The number of alkyl halides is 2. The Labute approximate surface area is 143 Å². The fourth-order valence-electron chi connectivity index (χ4n) is 3.59. The largest absolute Gasteiger partial charge is 0.338 e. The molecule has 1 aliphatic carbocycles. The molecule has 2 saturated heterocycles. The molecule has 9 heteroatoms. The molecular formula is C16H19F2N7. The Morgan fingerprint density at radius 3 is 2.76 bits per heavy atom.